The molecule has 2 aromatic rings. The van der Waals surface area contributed by atoms with Crippen molar-refractivity contribution < 1.29 is 0 Å². The Hall–Kier alpha value is -2.10. The average Bonchev–Trinajstić information content (AvgIpc) is 2.46. The highest BCUT2D eigenvalue weighted by atomic mass is 16.1. The summed E-state index contributed by atoms with van der Waals surface area (Å²) in [5, 5.41) is 0. The third kappa shape index (κ3) is 2.71. The zero-order valence-electron chi connectivity index (χ0n) is 12.8. The Morgan fingerprint density at radius 2 is 2.10 bits per heavy atom. The van der Waals surface area contributed by atoms with Gasteiger partial charge in [0.15, 0.2) is 0 Å². The minimum Gasteiger partial charge on any atom is -0.374 e. The smallest absolute Gasteiger partial charge is 0.251 e. The van der Waals surface area contributed by atoms with Crippen molar-refractivity contribution >= 4 is 5.69 Å². The van der Waals surface area contributed by atoms with E-state index in [9.17, 15) is 4.79 Å². The Morgan fingerprint density at radius 3 is 2.86 bits per heavy atom. The van der Waals surface area contributed by atoms with Crippen LogP contribution in [0.1, 0.15) is 37.4 Å². The predicted octanol–water partition coefficient (Wildman–Crippen LogP) is 2.94. The van der Waals surface area contributed by atoms with Gasteiger partial charge in [-0.05, 0) is 42.5 Å². The lowest BCUT2D eigenvalue weighted by Gasteiger charge is -2.27. The van der Waals surface area contributed by atoms with Crippen molar-refractivity contribution in [2.75, 3.05) is 18.5 Å². The summed E-state index contributed by atoms with van der Waals surface area (Å²) in [5.41, 5.74) is 4.36. The summed E-state index contributed by atoms with van der Waals surface area (Å²) in [4.78, 5) is 21.6. The van der Waals surface area contributed by atoms with Crippen LogP contribution >= 0.6 is 0 Å². The van der Waals surface area contributed by atoms with E-state index in [2.05, 4.69) is 34.0 Å². The molecule has 1 aromatic heterocycles. The van der Waals surface area contributed by atoms with E-state index in [1.54, 1.807) is 6.07 Å². The lowest BCUT2D eigenvalue weighted by molar-refractivity contribution is 0.744. The molecule has 0 bridgehead atoms. The molecule has 0 saturated carbocycles. The quantitative estimate of drug-likeness (QED) is 0.922. The Kier molecular flexibility index (Phi) is 3.53. The van der Waals surface area contributed by atoms with Gasteiger partial charge in [-0.15, -0.1) is 0 Å². The maximum Gasteiger partial charge on any atom is 0.251 e. The second-order valence-electron chi connectivity index (χ2n) is 6.04. The second-order valence-corrected chi connectivity index (χ2v) is 6.04. The molecule has 0 saturated heterocycles. The molecular formula is C17H21N3O. The number of aromatic nitrogens is 2. The van der Waals surface area contributed by atoms with Crippen LogP contribution in [-0.2, 0) is 6.42 Å². The first-order chi connectivity index (χ1) is 10.0. The predicted molar refractivity (Wildman–Crippen MR) is 86.0 cm³/mol. The molecule has 1 aliphatic rings. The number of anilines is 1. The SMILES string of the molecule is CC(C)c1cc(=O)[nH]c(-c2ccc3c(c2)CCCN3C)n1. The fraction of sp³-hybridized carbons (Fsp3) is 0.412. The molecule has 1 aromatic carbocycles. The molecule has 4 nitrogen and oxygen atoms in total. The number of nitrogens with zero attached hydrogens (tertiary/aromatic N) is 2. The highest BCUT2D eigenvalue weighted by molar-refractivity contribution is 5.65. The molecule has 0 atom stereocenters. The highest BCUT2D eigenvalue weighted by Gasteiger charge is 2.15. The minimum atomic E-state index is -0.0847. The van der Waals surface area contributed by atoms with Crippen molar-refractivity contribution in [2.24, 2.45) is 0 Å². The van der Waals surface area contributed by atoms with Crippen molar-refractivity contribution in [1.29, 1.82) is 0 Å². The van der Waals surface area contributed by atoms with E-state index in [0.29, 0.717) is 5.82 Å². The normalized spacial score (nSPS) is 14.4. The Morgan fingerprint density at radius 1 is 1.29 bits per heavy atom. The lowest BCUT2D eigenvalue weighted by atomic mass is 9.99. The van der Waals surface area contributed by atoms with Gasteiger partial charge < -0.3 is 9.88 Å². The average molecular weight is 283 g/mol. The first kappa shape index (κ1) is 13.9. The minimum absolute atomic E-state index is 0.0847. The molecule has 0 radical (unpaired) electrons. The van der Waals surface area contributed by atoms with Crippen LogP contribution < -0.4 is 10.5 Å². The Labute approximate surface area is 124 Å². The zero-order valence-corrected chi connectivity index (χ0v) is 12.8. The second kappa shape index (κ2) is 5.35. The first-order valence-electron chi connectivity index (χ1n) is 7.50. The van der Waals surface area contributed by atoms with Gasteiger partial charge in [-0.1, -0.05) is 13.8 Å². The van der Waals surface area contributed by atoms with Crippen LogP contribution in [0.3, 0.4) is 0 Å². The van der Waals surface area contributed by atoms with Crippen LogP contribution in [0.4, 0.5) is 5.69 Å². The fourth-order valence-corrected chi connectivity index (χ4v) is 2.84. The van der Waals surface area contributed by atoms with E-state index in [1.165, 1.54) is 17.7 Å². The summed E-state index contributed by atoms with van der Waals surface area (Å²) in [6.07, 6.45) is 2.25. The summed E-state index contributed by atoms with van der Waals surface area (Å²) in [7, 11) is 2.12. The van der Waals surface area contributed by atoms with Crippen LogP contribution in [0.15, 0.2) is 29.1 Å². The van der Waals surface area contributed by atoms with Crippen LogP contribution in [0.2, 0.25) is 0 Å². The molecule has 1 N–H and O–H groups in total. The molecule has 110 valence electrons. The van der Waals surface area contributed by atoms with Gasteiger partial charge in [0.05, 0.1) is 5.69 Å². The number of hydrogen-bond donors (Lipinski definition) is 1. The van der Waals surface area contributed by atoms with Gasteiger partial charge >= 0.3 is 0 Å². The molecule has 0 fully saturated rings. The Balaban J connectivity index is 2.07. The number of aryl methyl sites for hydroxylation is 1. The molecule has 4 heteroatoms. The summed E-state index contributed by atoms with van der Waals surface area (Å²) in [6, 6.07) is 7.92. The molecule has 0 unspecified atom stereocenters. The van der Waals surface area contributed by atoms with Crippen molar-refractivity contribution in [3.8, 4) is 11.4 Å². The highest BCUT2D eigenvalue weighted by Crippen LogP contribution is 2.29. The molecule has 2 heterocycles. The number of benzene rings is 1. The third-order valence-corrected chi connectivity index (χ3v) is 4.06. The monoisotopic (exact) mass is 283 g/mol. The third-order valence-electron chi connectivity index (χ3n) is 4.06. The molecule has 21 heavy (non-hydrogen) atoms. The van der Waals surface area contributed by atoms with Gasteiger partial charge in [-0.2, -0.15) is 0 Å². The zero-order chi connectivity index (χ0) is 15.0. The van der Waals surface area contributed by atoms with E-state index >= 15 is 0 Å². The van der Waals surface area contributed by atoms with E-state index < -0.39 is 0 Å². The summed E-state index contributed by atoms with van der Waals surface area (Å²) >= 11 is 0. The molecule has 0 spiro atoms. The largest absolute Gasteiger partial charge is 0.374 e. The van der Waals surface area contributed by atoms with Crippen molar-refractivity contribution in [2.45, 2.75) is 32.6 Å². The molecule has 3 rings (SSSR count). The molecule has 0 aliphatic carbocycles. The summed E-state index contributed by atoms with van der Waals surface area (Å²) in [6.45, 7) is 5.20. The maximum absolute atomic E-state index is 11.8. The number of fused-ring (bicyclic) bond motifs is 1. The number of hydrogen-bond acceptors (Lipinski definition) is 3. The van der Waals surface area contributed by atoms with Crippen LogP contribution in [-0.4, -0.2) is 23.6 Å². The van der Waals surface area contributed by atoms with E-state index in [0.717, 1.165) is 24.2 Å². The van der Waals surface area contributed by atoms with Gasteiger partial charge in [0.1, 0.15) is 5.82 Å². The number of nitrogens with one attached hydrogen (secondary N) is 1. The van der Waals surface area contributed by atoms with Gasteiger partial charge in [0, 0.05) is 30.9 Å². The molecular weight excluding hydrogens is 262 g/mol. The van der Waals surface area contributed by atoms with Gasteiger partial charge in [-0.25, -0.2) is 4.98 Å². The van der Waals surface area contributed by atoms with Crippen molar-refractivity contribution in [3.63, 3.8) is 0 Å². The number of rotatable bonds is 2. The maximum atomic E-state index is 11.8. The lowest BCUT2D eigenvalue weighted by Crippen LogP contribution is -2.24. The van der Waals surface area contributed by atoms with Crippen molar-refractivity contribution in [3.05, 3.63) is 45.9 Å². The molecule has 0 amide bonds. The van der Waals surface area contributed by atoms with E-state index in [1.807, 2.05) is 19.9 Å². The van der Waals surface area contributed by atoms with Gasteiger partial charge in [0.25, 0.3) is 5.56 Å². The summed E-state index contributed by atoms with van der Waals surface area (Å²) in [5.74, 6) is 0.914. The van der Waals surface area contributed by atoms with Crippen LogP contribution in [0.5, 0.6) is 0 Å². The summed E-state index contributed by atoms with van der Waals surface area (Å²) < 4.78 is 0. The van der Waals surface area contributed by atoms with E-state index in [-0.39, 0.29) is 11.5 Å². The van der Waals surface area contributed by atoms with Crippen molar-refractivity contribution in [1.82, 2.24) is 9.97 Å². The van der Waals surface area contributed by atoms with Crippen LogP contribution in [0, 0.1) is 0 Å². The molecule has 1 aliphatic heterocycles. The number of aromatic amines is 1. The van der Waals surface area contributed by atoms with Gasteiger partial charge in [0.2, 0.25) is 0 Å². The number of H-pyrrole nitrogens is 1. The standard InChI is InChI=1S/C17H21N3O/c1-11(2)14-10-16(21)19-17(18-14)13-6-7-15-12(9-13)5-4-8-20(15)3/h6-7,9-11H,4-5,8H2,1-3H3,(H,18,19,21). The Bertz CT molecular complexity index is 718. The first-order valence-corrected chi connectivity index (χ1v) is 7.50. The van der Waals surface area contributed by atoms with Crippen LogP contribution in [0.25, 0.3) is 11.4 Å². The topological polar surface area (TPSA) is 49.0 Å². The van der Waals surface area contributed by atoms with Gasteiger partial charge in [-0.3, -0.25) is 4.79 Å². The van der Waals surface area contributed by atoms with E-state index in [4.69, 9.17) is 0 Å². The fourth-order valence-electron chi connectivity index (χ4n) is 2.84.